The molecule has 4 rings (SSSR count). The van der Waals surface area contributed by atoms with Gasteiger partial charge in [-0.2, -0.15) is 5.11 Å². The third-order valence-electron chi connectivity index (χ3n) is 3.92. The van der Waals surface area contributed by atoms with Crippen molar-refractivity contribution in [3.8, 4) is 0 Å². The second-order valence-electron chi connectivity index (χ2n) is 5.67. The van der Waals surface area contributed by atoms with E-state index in [2.05, 4.69) is 15.2 Å². The number of para-hydroxylation sites is 1. The molecular formula is C18H13ClN4OS. The fourth-order valence-corrected chi connectivity index (χ4v) is 3.96. The topological polar surface area (TPSA) is 59.1 Å². The first-order chi connectivity index (χ1) is 12.0. The molecule has 25 heavy (non-hydrogen) atoms. The molecule has 2 aromatic heterocycles. The van der Waals surface area contributed by atoms with Gasteiger partial charge in [-0.05, 0) is 49.7 Å². The fraction of sp³-hybridized carbons (Fsp3) is 0.111. The number of azo groups is 1. The molecule has 0 aliphatic heterocycles. The highest BCUT2D eigenvalue weighted by atomic mass is 35.5. The highest BCUT2D eigenvalue weighted by Gasteiger charge is 2.15. The normalized spacial score (nSPS) is 11.8. The third-order valence-corrected chi connectivity index (χ3v) is 5.18. The molecule has 124 valence electrons. The molecule has 0 unspecified atom stereocenters. The minimum absolute atomic E-state index is 0.208. The van der Waals surface area contributed by atoms with Gasteiger partial charge in [0.1, 0.15) is 0 Å². The highest BCUT2D eigenvalue weighted by Crippen LogP contribution is 2.28. The maximum atomic E-state index is 13.0. The van der Waals surface area contributed by atoms with Crippen LogP contribution < -0.4 is 5.56 Å². The van der Waals surface area contributed by atoms with E-state index in [1.165, 1.54) is 11.3 Å². The zero-order chi connectivity index (χ0) is 17.6. The van der Waals surface area contributed by atoms with E-state index in [0.717, 1.165) is 15.8 Å². The summed E-state index contributed by atoms with van der Waals surface area (Å²) >= 11 is 7.36. The van der Waals surface area contributed by atoms with E-state index in [0.29, 0.717) is 21.4 Å². The molecule has 0 fully saturated rings. The van der Waals surface area contributed by atoms with Crippen LogP contribution in [-0.4, -0.2) is 9.38 Å². The summed E-state index contributed by atoms with van der Waals surface area (Å²) in [7, 11) is 0. The van der Waals surface area contributed by atoms with Crippen LogP contribution in [0.3, 0.4) is 0 Å². The lowest BCUT2D eigenvalue weighted by atomic mass is 10.2. The van der Waals surface area contributed by atoms with Crippen LogP contribution in [0.2, 0.25) is 5.02 Å². The molecule has 0 amide bonds. The van der Waals surface area contributed by atoms with Gasteiger partial charge in [-0.1, -0.05) is 35.1 Å². The fourth-order valence-electron chi connectivity index (χ4n) is 2.69. The number of aromatic nitrogens is 2. The molecular weight excluding hydrogens is 356 g/mol. The Labute approximate surface area is 152 Å². The summed E-state index contributed by atoms with van der Waals surface area (Å²) < 4.78 is 2.65. The van der Waals surface area contributed by atoms with Crippen molar-refractivity contribution < 1.29 is 0 Å². The Hall–Kier alpha value is -2.57. The summed E-state index contributed by atoms with van der Waals surface area (Å²) in [5, 5.41) is 8.94. The molecule has 2 heterocycles. The molecule has 0 saturated carbocycles. The number of benzene rings is 2. The zero-order valence-corrected chi connectivity index (χ0v) is 15.1. The molecule has 0 radical (unpaired) electrons. The van der Waals surface area contributed by atoms with Crippen molar-refractivity contribution in [1.82, 2.24) is 9.38 Å². The second kappa shape index (κ2) is 6.06. The molecule has 0 N–H and O–H groups in total. The van der Waals surface area contributed by atoms with E-state index in [1.807, 2.05) is 25.1 Å². The van der Waals surface area contributed by atoms with E-state index in [4.69, 9.17) is 11.6 Å². The van der Waals surface area contributed by atoms with Crippen LogP contribution in [0.1, 0.15) is 11.3 Å². The summed E-state index contributed by atoms with van der Waals surface area (Å²) in [4.78, 5) is 18.2. The Morgan fingerprint density at radius 1 is 1.08 bits per heavy atom. The van der Waals surface area contributed by atoms with Crippen molar-refractivity contribution in [1.29, 1.82) is 0 Å². The monoisotopic (exact) mass is 368 g/mol. The number of rotatable bonds is 2. The molecule has 0 aliphatic carbocycles. The first kappa shape index (κ1) is 15.9. The Bertz CT molecular complexity index is 1190. The number of thiazole rings is 1. The van der Waals surface area contributed by atoms with Gasteiger partial charge >= 0.3 is 0 Å². The van der Waals surface area contributed by atoms with E-state index >= 15 is 0 Å². The van der Waals surface area contributed by atoms with Crippen LogP contribution >= 0.6 is 22.9 Å². The van der Waals surface area contributed by atoms with Gasteiger partial charge in [0.15, 0.2) is 10.6 Å². The predicted octanol–water partition coefficient (Wildman–Crippen LogP) is 5.59. The minimum atomic E-state index is -0.208. The van der Waals surface area contributed by atoms with E-state index in [9.17, 15) is 4.79 Å². The van der Waals surface area contributed by atoms with E-state index in [-0.39, 0.29) is 11.2 Å². The molecule has 0 atom stereocenters. The Kier molecular flexibility index (Phi) is 3.86. The minimum Gasteiger partial charge on any atom is -0.266 e. The van der Waals surface area contributed by atoms with Crippen LogP contribution in [0.5, 0.6) is 0 Å². The Morgan fingerprint density at radius 3 is 2.60 bits per heavy atom. The number of aryl methyl sites for hydroxylation is 2. The van der Waals surface area contributed by atoms with Crippen LogP contribution in [0.25, 0.3) is 15.2 Å². The van der Waals surface area contributed by atoms with Crippen LogP contribution in [-0.2, 0) is 0 Å². The van der Waals surface area contributed by atoms with Gasteiger partial charge in [0.25, 0.3) is 5.56 Å². The number of nitrogens with zero attached hydrogens (tertiary/aromatic N) is 4. The van der Waals surface area contributed by atoms with Crippen molar-refractivity contribution >= 4 is 49.5 Å². The van der Waals surface area contributed by atoms with Gasteiger partial charge in [-0.3, -0.25) is 4.79 Å². The van der Waals surface area contributed by atoms with Gasteiger partial charge in [0.05, 0.1) is 21.6 Å². The summed E-state index contributed by atoms with van der Waals surface area (Å²) in [6, 6.07) is 12.9. The quantitative estimate of drug-likeness (QED) is 0.433. The summed E-state index contributed by atoms with van der Waals surface area (Å²) in [5.41, 5.74) is 3.13. The van der Waals surface area contributed by atoms with Gasteiger partial charge in [0, 0.05) is 5.02 Å². The van der Waals surface area contributed by atoms with Gasteiger partial charge in [0.2, 0.25) is 0 Å². The third kappa shape index (κ3) is 2.73. The summed E-state index contributed by atoms with van der Waals surface area (Å²) in [6.07, 6.45) is 0. The summed E-state index contributed by atoms with van der Waals surface area (Å²) in [5.74, 6) is 0. The summed E-state index contributed by atoms with van der Waals surface area (Å²) in [6.45, 7) is 3.75. The number of hydrogen-bond acceptors (Lipinski definition) is 5. The largest absolute Gasteiger partial charge is 0.287 e. The van der Waals surface area contributed by atoms with Gasteiger partial charge in [-0.25, -0.2) is 9.38 Å². The molecule has 0 saturated heterocycles. The molecule has 5 nitrogen and oxygen atoms in total. The SMILES string of the molecule is Cc1nc2sc3cccc(C)c3n2c(=O)c1N=Nc1ccc(Cl)cc1. The lowest BCUT2D eigenvalue weighted by molar-refractivity contribution is 1.04. The average Bonchev–Trinajstić information content (AvgIpc) is 2.96. The van der Waals surface area contributed by atoms with Crippen molar-refractivity contribution in [3.63, 3.8) is 0 Å². The van der Waals surface area contributed by atoms with Gasteiger partial charge < -0.3 is 0 Å². The van der Waals surface area contributed by atoms with Crippen LogP contribution in [0.4, 0.5) is 11.4 Å². The standard InChI is InChI=1S/C18H13ClN4OS/c1-10-4-3-5-14-16(10)23-17(24)15(11(2)20-18(23)25-14)22-21-13-8-6-12(19)7-9-13/h3-9H,1-2H3. The first-order valence-electron chi connectivity index (χ1n) is 7.63. The number of hydrogen-bond donors (Lipinski definition) is 0. The molecule has 4 aromatic rings. The number of halogens is 1. The first-order valence-corrected chi connectivity index (χ1v) is 8.83. The molecule has 0 aliphatic rings. The van der Waals surface area contributed by atoms with Gasteiger partial charge in [-0.15, -0.1) is 5.11 Å². The molecule has 2 aromatic carbocycles. The van der Waals surface area contributed by atoms with Crippen molar-refractivity contribution in [2.45, 2.75) is 13.8 Å². The number of fused-ring (bicyclic) bond motifs is 3. The van der Waals surface area contributed by atoms with Crippen molar-refractivity contribution in [3.05, 3.63) is 69.1 Å². The lowest BCUT2D eigenvalue weighted by Crippen LogP contribution is -2.14. The van der Waals surface area contributed by atoms with E-state index < -0.39 is 0 Å². The van der Waals surface area contributed by atoms with Crippen molar-refractivity contribution in [2.24, 2.45) is 10.2 Å². The maximum absolute atomic E-state index is 13.0. The zero-order valence-electron chi connectivity index (χ0n) is 13.5. The van der Waals surface area contributed by atoms with Crippen molar-refractivity contribution in [2.75, 3.05) is 0 Å². The smallest absolute Gasteiger partial charge is 0.266 e. The van der Waals surface area contributed by atoms with E-state index in [1.54, 1.807) is 35.6 Å². The molecule has 0 bridgehead atoms. The molecule has 7 heteroatoms. The Morgan fingerprint density at radius 2 is 1.84 bits per heavy atom. The maximum Gasteiger partial charge on any atom is 0.287 e. The average molecular weight is 369 g/mol. The predicted molar refractivity (Wildman–Crippen MR) is 102 cm³/mol. The van der Waals surface area contributed by atoms with Crippen LogP contribution in [0.15, 0.2) is 57.5 Å². The highest BCUT2D eigenvalue weighted by molar-refractivity contribution is 7.23. The van der Waals surface area contributed by atoms with Crippen LogP contribution in [0, 0.1) is 13.8 Å². The molecule has 0 spiro atoms. The second-order valence-corrected chi connectivity index (χ2v) is 7.11. The Balaban J connectivity index is 1.93. The lowest BCUT2D eigenvalue weighted by Gasteiger charge is -2.02.